The van der Waals surface area contributed by atoms with E-state index in [1.54, 1.807) is 6.07 Å². The van der Waals surface area contributed by atoms with Crippen molar-refractivity contribution in [2.24, 2.45) is 12.0 Å². The molecule has 9 heteroatoms. The number of guanidine groups is 1. The van der Waals surface area contributed by atoms with Crippen molar-refractivity contribution in [3.8, 4) is 0 Å². The van der Waals surface area contributed by atoms with Gasteiger partial charge in [0.25, 0.3) is 0 Å². The monoisotopic (exact) mass is 418 g/mol. The van der Waals surface area contributed by atoms with Crippen LogP contribution in [0.25, 0.3) is 0 Å². The Morgan fingerprint density at radius 3 is 2.64 bits per heavy atom. The summed E-state index contributed by atoms with van der Waals surface area (Å²) in [5, 5.41) is 25.0. The molecule has 28 heavy (non-hydrogen) atoms. The Morgan fingerprint density at radius 2 is 2.00 bits per heavy atom. The van der Waals surface area contributed by atoms with Gasteiger partial charge in [0.1, 0.15) is 11.9 Å². The summed E-state index contributed by atoms with van der Waals surface area (Å²) in [6, 6.07) is 13.6. The number of aliphatic hydroxyl groups excluding tert-OH is 1. The van der Waals surface area contributed by atoms with Crippen LogP contribution in [0.4, 0.5) is 0 Å². The summed E-state index contributed by atoms with van der Waals surface area (Å²) in [6.45, 7) is 3.21. The van der Waals surface area contributed by atoms with Crippen LogP contribution in [0.15, 0.2) is 47.5 Å². The molecule has 0 amide bonds. The van der Waals surface area contributed by atoms with Crippen LogP contribution in [-0.2, 0) is 20.1 Å². The molecule has 3 rings (SSSR count). The Morgan fingerprint density at radius 1 is 1.21 bits per heavy atom. The average Bonchev–Trinajstić information content (AvgIpc) is 3.28. The Labute approximate surface area is 173 Å². The molecule has 0 aliphatic rings. The smallest absolute Gasteiger partial charge is 0.192 e. The summed E-state index contributed by atoms with van der Waals surface area (Å²) in [5.41, 5.74) is 1.10. The largest absolute Gasteiger partial charge is 0.386 e. The van der Waals surface area contributed by atoms with E-state index in [9.17, 15) is 5.11 Å². The van der Waals surface area contributed by atoms with Crippen molar-refractivity contribution in [1.29, 1.82) is 0 Å². The molecular formula is C19H23ClN6OS. The highest BCUT2D eigenvalue weighted by Gasteiger charge is 2.12. The van der Waals surface area contributed by atoms with Crippen molar-refractivity contribution < 1.29 is 5.11 Å². The second-order valence-electron chi connectivity index (χ2n) is 6.27. The molecule has 1 aromatic carbocycles. The zero-order valence-electron chi connectivity index (χ0n) is 15.8. The van der Waals surface area contributed by atoms with Crippen molar-refractivity contribution in [1.82, 2.24) is 25.4 Å². The van der Waals surface area contributed by atoms with Crippen molar-refractivity contribution in [3.05, 3.63) is 68.9 Å². The number of rotatable bonds is 7. The maximum absolute atomic E-state index is 10.4. The fourth-order valence-electron chi connectivity index (χ4n) is 2.50. The number of benzene rings is 1. The van der Waals surface area contributed by atoms with Gasteiger partial charge in [-0.05, 0) is 24.6 Å². The van der Waals surface area contributed by atoms with Crippen LogP contribution in [-0.4, -0.2) is 32.4 Å². The minimum atomic E-state index is -0.668. The Bertz CT molecular complexity index is 924. The van der Waals surface area contributed by atoms with E-state index >= 15 is 0 Å². The third-order valence-electron chi connectivity index (χ3n) is 4.24. The number of aliphatic hydroxyl groups is 1. The maximum Gasteiger partial charge on any atom is 0.192 e. The highest BCUT2D eigenvalue weighted by atomic mass is 35.5. The molecule has 3 aromatic rings. The molecule has 0 saturated carbocycles. The normalized spacial score (nSPS) is 12.8. The Balaban J connectivity index is 1.65. The molecule has 0 aliphatic heterocycles. The summed E-state index contributed by atoms with van der Waals surface area (Å²) in [6.07, 6.45) is -0.668. The SMILES string of the molecule is Cc1nnc(CNC(=NCc2ccccc2)NCC(O)c2ccc(Cl)s2)n1C. The molecule has 0 fully saturated rings. The molecule has 148 valence electrons. The molecule has 7 nitrogen and oxygen atoms in total. The van der Waals surface area contributed by atoms with Gasteiger partial charge in [-0.1, -0.05) is 41.9 Å². The fraction of sp³-hybridized carbons (Fsp3) is 0.316. The lowest BCUT2D eigenvalue weighted by atomic mass is 10.2. The van der Waals surface area contributed by atoms with Crippen molar-refractivity contribution in [2.45, 2.75) is 26.1 Å². The van der Waals surface area contributed by atoms with Gasteiger partial charge in [-0.25, -0.2) is 4.99 Å². The molecule has 0 aliphatic carbocycles. The van der Waals surface area contributed by atoms with Gasteiger partial charge in [-0.2, -0.15) is 0 Å². The Hall–Kier alpha value is -2.42. The van der Waals surface area contributed by atoms with Gasteiger partial charge in [-0.3, -0.25) is 0 Å². The zero-order chi connectivity index (χ0) is 19.9. The minimum absolute atomic E-state index is 0.315. The number of thiophene rings is 1. The van der Waals surface area contributed by atoms with Crippen LogP contribution in [0.5, 0.6) is 0 Å². The van der Waals surface area contributed by atoms with Gasteiger partial charge in [0.05, 0.1) is 17.4 Å². The predicted molar refractivity (Wildman–Crippen MR) is 112 cm³/mol. The lowest BCUT2D eigenvalue weighted by molar-refractivity contribution is 0.184. The first-order valence-electron chi connectivity index (χ1n) is 8.87. The second-order valence-corrected chi connectivity index (χ2v) is 8.01. The number of aliphatic imine (C=N–C) groups is 1. The first-order chi connectivity index (χ1) is 13.5. The molecule has 0 spiro atoms. The lowest BCUT2D eigenvalue weighted by Gasteiger charge is -2.15. The molecule has 3 N–H and O–H groups in total. The van der Waals surface area contributed by atoms with E-state index in [0.29, 0.717) is 29.9 Å². The number of aromatic nitrogens is 3. The number of nitrogens with zero attached hydrogens (tertiary/aromatic N) is 4. The van der Waals surface area contributed by atoms with Crippen molar-refractivity contribution in [2.75, 3.05) is 6.54 Å². The summed E-state index contributed by atoms with van der Waals surface area (Å²) < 4.78 is 2.58. The summed E-state index contributed by atoms with van der Waals surface area (Å²) >= 11 is 7.32. The molecule has 1 atom stereocenters. The van der Waals surface area contributed by atoms with E-state index < -0.39 is 6.10 Å². The van der Waals surface area contributed by atoms with Gasteiger partial charge in [0, 0.05) is 18.5 Å². The van der Waals surface area contributed by atoms with Gasteiger partial charge in [0.15, 0.2) is 11.8 Å². The number of halogens is 1. The third-order valence-corrected chi connectivity index (χ3v) is 5.58. The summed E-state index contributed by atoms with van der Waals surface area (Å²) in [7, 11) is 1.92. The van der Waals surface area contributed by atoms with Gasteiger partial charge < -0.3 is 20.3 Å². The number of hydrogen-bond donors (Lipinski definition) is 3. The van der Waals surface area contributed by atoms with E-state index in [1.165, 1.54) is 11.3 Å². The molecule has 1 unspecified atom stereocenters. The van der Waals surface area contributed by atoms with Crippen LogP contribution < -0.4 is 10.6 Å². The molecule has 0 saturated heterocycles. The van der Waals surface area contributed by atoms with E-state index in [0.717, 1.165) is 22.1 Å². The standard InChI is InChI=1S/C19H23ClN6OS/c1-13-24-25-18(26(13)2)12-23-19(21-10-14-6-4-3-5-7-14)22-11-15(27)16-8-9-17(20)28-16/h3-9,15,27H,10-12H2,1-2H3,(H2,21,22,23). The summed E-state index contributed by atoms with van der Waals surface area (Å²) in [5.74, 6) is 2.24. The quantitative estimate of drug-likeness (QED) is 0.405. The van der Waals surface area contributed by atoms with E-state index in [1.807, 2.05) is 54.9 Å². The minimum Gasteiger partial charge on any atom is -0.386 e. The molecule has 0 radical (unpaired) electrons. The topological polar surface area (TPSA) is 87.4 Å². The van der Waals surface area contributed by atoms with Crippen molar-refractivity contribution in [3.63, 3.8) is 0 Å². The van der Waals surface area contributed by atoms with E-state index in [2.05, 4.69) is 25.8 Å². The van der Waals surface area contributed by atoms with Crippen LogP contribution in [0.2, 0.25) is 4.34 Å². The fourth-order valence-corrected chi connectivity index (χ4v) is 3.54. The van der Waals surface area contributed by atoms with Crippen LogP contribution in [0.3, 0.4) is 0 Å². The number of aryl methyl sites for hydroxylation is 1. The lowest BCUT2D eigenvalue weighted by Crippen LogP contribution is -2.39. The van der Waals surface area contributed by atoms with Gasteiger partial charge in [-0.15, -0.1) is 21.5 Å². The van der Waals surface area contributed by atoms with Crippen LogP contribution in [0.1, 0.15) is 28.2 Å². The first-order valence-corrected chi connectivity index (χ1v) is 10.1. The van der Waals surface area contributed by atoms with Gasteiger partial charge in [0.2, 0.25) is 0 Å². The molecular weight excluding hydrogens is 396 g/mol. The number of hydrogen-bond acceptors (Lipinski definition) is 5. The third kappa shape index (κ3) is 5.54. The molecule has 2 heterocycles. The maximum atomic E-state index is 10.4. The van der Waals surface area contributed by atoms with Crippen LogP contribution >= 0.6 is 22.9 Å². The Kier molecular flexibility index (Phi) is 7.02. The average molecular weight is 419 g/mol. The van der Waals surface area contributed by atoms with Crippen LogP contribution in [0, 0.1) is 6.92 Å². The highest BCUT2D eigenvalue weighted by molar-refractivity contribution is 7.16. The summed E-state index contributed by atoms with van der Waals surface area (Å²) in [4.78, 5) is 5.43. The predicted octanol–water partition coefficient (Wildman–Crippen LogP) is 2.81. The second kappa shape index (κ2) is 9.68. The van der Waals surface area contributed by atoms with Gasteiger partial charge >= 0.3 is 0 Å². The van der Waals surface area contributed by atoms with Crippen molar-refractivity contribution >= 4 is 28.9 Å². The number of nitrogens with one attached hydrogen (secondary N) is 2. The highest BCUT2D eigenvalue weighted by Crippen LogP contribution is 2.26. The molecule has 0 bridgehead atoms. The van der Waals surface area contributed by atoms with E-state index in [4.69, 9.17) is 11.6 Å². The van der Waals surface area contributed by atoms with E-state index in [-0.39, 0.29) is 0 Å². The molecule has 2 aromatic heterocycles. The zero-order valence-corrected chi connectivity index (χ0v) is 17.3. The first kappa shape index (κ1) is 20.3.